The molecule has 2 aliphatic heterocycles. The van der Waals surface area contributed by atoms with Gasteiger partial charge in [-0.1, -0.05) is 18.2 Å². The molecule has 3 heterocycles. The van der Waals surface area contributed by atoms with Crippen LogP contribution in [0.2, 0.25) is 0 Å². The van der Waals surface area contributed by atoms with Gasteiger partial charge in [0.05, 0.1) is 6.10 Å². The van der Waals surface area contributed by atoms with Gasteiger partial charge in [-0.2, -0.15) is 0 Å². The first kappa shape index (κ1) is 17.1. The molecule has 2 N–H and O–H groups in total. The van der Waals surface area contributed by atoms with Gasteiger partial charge in [0.1, 0.15) is 11.7 Å². The number of primary amides is 1. The van der Waals surface area contributed by atoms with E-state index in [1.54, 1.807) is 0 Å². The third-order valence-corrected chi connectivity index (χ3v) is 5.76. The Morgan fingerprint density at radius 1 is 1.12 bits per heavy atom. The fraction of sp³-hybridized carbons (Fsp3) is 0.500. The van der Waals surface area contributed by atoms with Crippen LogP contribution in [0.15, 0.2) is 28.7 Å². The highest BCUT2D eigenvalue weighted by molar-refractivity contribution is 5.98. The number of benzene rings is 1. The zero-order valence-corrected chi connectivity index (χ0v) is 14.9. The molecule has 0 radical (unpaired) electrons. The van der Waals surface area contributed by atoms with E-state index in [1.165, 1.54) is 0 Å². The number of nitrogens with two attached hydrogens (primary N) is 1. The summed E-state index contributed by atoms with van der Waals surface area (Å²) < 4.78 is 11.6. The minimum Gasteiger partial charge on any atom is -0.451 e. The molecule has 2 aromatic rings. The number of rotatable bonds is 3. The van der Waals surface area contributed by atoms with E-state index in [4.69, 9.17) is 14.9 Å². The number of carbonyl (C=O) groups excluding carboxylic acids is 2. The molecule has 6 nitrogen and oxygen atoms in total. The van der Waals surface area contributed by atoms with E-state index in [9.17, 15) is 9.59 Å². The fourth-order valence-corrected chi connectivity index (χ4v) is 4.22. The maximum atomic E-state index is 12.9. The lowest BCUT2D eigenvalue weighted by Gasteiger charge is -2.34. The van der Waals surface area contributed by atoms with Crippen molar-refractivity contribution < 1.29 is 18.7 Å². The van der Waals surface area contributed by atoms with Crippen LogP contribution < -0.4 is 5.73 Å². The molecule has 2 atom stereocenters. The van der Waals surface area contributed by atoms with Crippen molar-refractivity contribution in [2.24, 2.45) is 11.7 Å². The molecule has 0 spiro atoms. The van der Waals surface area contributed by atoms with Gasteiger partial charge < -0.3 is 19.8 Å². The van der Waals surface area contributed by atoms with Crippen molar-refractivity contribution in [1.82, 2.24) is 4.90 Å². The number of likely N-dealkylation sites (tertiary alicyclic amines) is 1. The second kappa shape index (κ2) is 6.76. The predicted molar refractivity (Wildman–Crippen MR) is 96.7 cm³/mol. The normalized spacial score (nSPS) is 24.3. The van der Waals surface area contributed by atoms with Gasteiger partial charge in [-0.05, 0) is 44.6 Å². The summed E-state index contributed by atoms with van der Waals surface area (Å²) in [4.78, 5) is 26.0. The van der Waals surface area contributed by atoms with Crippen LogP contribution in [-0.4, -0.2) is 42.0 Å². The average molecular weight is 356 g/mol. The molecule has 2 saturated heterocycles. The first-order valence-corrected chi connectivity index (χ1v) is 9.26. The number of piperidine rings is 1. The van der Waals surface area contributed by atoms with Crippen molar-refractivity contribution in [2.45, 2.75) is 44.8 Å². The van der Waals surface area contributed by atoms with E-state index in [2.05, 4.69) is 0 Å². The quantitative estimate of drug-likeness (QED) is 0.916. The molecule has 0 aliphatic carbocycles. The van der Waals surface area contributed by atoms with Crippen LogP contribution in [0.4, 0.5) is 0 Å². The molecular weight excluding hydrogens is 332 g/mol. The lowest BCUT2D eigenvalue weighted by Crippen LogP contribution is -2.41. The fourth-order valence-electron chi connectivity index (χ4n) is 4.22. The highest BCUT2D eigenvalue weighted by Crippen LogP contribution is 2.33. The molecule has 2 amide bonds. The van der Waals surface area contributed by atoms with Gasteiger partial charge in [-0.15, -0.1) is 0 Å². The Labute approximate surface area is 152 Å². The van der Waals surface area contributed by atoms with Crippen molar-refractivity contribution in [3.8, 4) is 0 Å². The average Bonchev–Trinajstić information content (AvgIpc) is 3.27. The van der Waals surface area contributed by atoms with Gasteiger partial charge in [0.2, 0.25) is 5.91 Å². The predicted octanol–water partition coefficient (Wildman–Crippen LogP) is 2.63. The number of ether oxygens (including phenoxy) is 1. The zero-order valence-electron chi connectivity index (χ0n) is 14.9. The van der Waals surface area contributed by atoms with E-state index in [1.807, 2.05) is 36.1 Å². The summed E-state index contributed by atoms with van der Waals surface area (Å²) in [6, 6.07) is 7.72. The number of hydrogen-bond acceptors (Lipinski definition) is 4. The Bertz CT molecular complexity index is 835. The summed E-state index contributed by atoms with van der Waals surface area (Å²) in [5.41, 5.74) is 6.98. The molecule has 0 unspecified atom stereocenters. The number of aryl methyl sites for hydroxylation is 1. The van der Waals surface area contributed by atoms with Crippen LogP contribution >= 0.6 is 0 Å². The number of carbonyl (C=O) groups is 2. The Morgan fingerprint density at radius 3 is 2.50 bits per heavy atom. The van der Waals surface area contributed by atoms with Crippen molar-refractivity contribution >= 4 is 22.8 Å². The zero-order chi connectivity index (χ0) is 18.3. The first-order chi connectivity index (χ1) is 12.5. The van der Waals surface area contributed by atoms with Gasteiger partial charge in [0.15, 0.2) is 5.76 Å². The smallest absolute Gasteiger partial charge is 0.289 e. The van der Waals surface area contributed by atoms with Crippen molar-refractivity contribution in [3.05, 3.63) is 35.6 Å². The standard InChI is InChI=1S/C20H24N2O4/c1-12-14-4-2-3-5-16(14)26-18(12)20(24)22-10-8-13(9-11-22)15-6-7-17(25-15)19(21)23/h2-5,13,15,17H,6-11H2,1H3,(H2,21,23)/t15-,17+/m0/s1. The van der Waals surface area contributed by atoms with E-state index < -0.39 is 6.10 Å². The molecule has 138 valence electrons. The summed E-state index contributed by atoms with van der Waals surface area (Å²) >= 11 is 0. The summed E-state index contributed by atoms with van der Waals surface area (Å²) in [5, 5.41) is 0.989. The molecule has 1 aromatic heterocycles. The van der Waals surface area contributed by atoms with Crippen LogP contribution in [0.5, 0.6) is 0 Å². The van der Waals surface area contributed by atoms with Crippen LogP contribution in [0.1, 0.15) is 41.8 Å². The second-order valence-electron chi connectivity index (χ2n) is 7.32. The molecular formula is C20H24N2O4. The molecule has 0 bridgehead atoms. The van der Waals surface area contributed by atoms with E-state index in [-0.39, 0.29) is 17.9 Å². The van der Waals surface area contributed by atoms with Crippen molar-refractivity contribution in [3.63, 3.8) is 0 Å². The number of fused-ring (bicyclic) bond motifs is 1. The maximum absolute atomic E-state index is 12.9. The monoisotopic (exact) mass is 356 g/mol. The third-order valence-electron chi connectivity index (χ3n) is 5.76. The molecule has 26 heavy (non-hydrogen) atoms. The van der Waals surface area contributed by atoms with Gasteiger partial charge in [0.25, 0.3) is 5.91 Å². The van der Waals surface area contributed by atoms with E-state index >= 15 is 0 Å². The van der Waals surface area contributed by atoms with Gasteiger partial charge in [-0.25, -0.2) is 0 Å². The van der Waals surface area contributed by atoms with Gasteiger partial charge in [-0.3, -0.25) is 9.59 Å². The lowest BCUT2D eigenvalue weighted by atomic mass is 9.89. The number of furan rings is 1. The van der Waals surface area contributed by atoms with E-state index in [0.717, 1.165) is 35.8 Å². The first-order valence-electron chi connectivity index (χ1n) is 9.26. The highest BCUT2D eigenvalue weighted by atomic mass is 16.5. The Hall–Kier alpha value is -2.34. The summed E-state index contributed by atoms with van der Waals surface area (Å²) in [6.07, 6.45) is 2.96. The number of nitrogens with zero attached hydrogens (tertiary/aromatic N) is 1. The van der Waals surface area contributed by atoms with Crippen LogP contribution in [-0.2, 0) is 9.53 Å². The summed E-state index contributed by atoms with van der Waals surface area (Å²) in [6.45, 7) is 3.30. The molecule has 0 saturated carbocycles. The molecule has 2 fully saturated rings. The minimum absolute atomic E-state index is 0.0421. The number of amides is 2. The number of para-hydroxylation sites is 1. The van der Waals surface area contributed by atoms with E-state index in [0.29, 0.717) is 31.2 Å². The largest absolute Gasteiger partial charge is 0.451 e. The SMILES string of the molecule is Cc1c(C(=O)N2CCC([C@@H]3CC[C@H](C(N)=O)O3)CC2)oc2ccccc12. The molecule has 4 rings (SSSR count). The summed E-state index contributed by atoms with van der Waals surface area (Å²) in [5.74, 6) is 0.399. The summed E-state index contributed by atoms with van der Waals surface area (Å²) in [7, 11) is 0. The molecule has 1 aromatic carbocycles. The van der Waals surface area contributed by atoms with Crippen LogP contribution in [0.3, 0.4) is 0 Å². The Balaban J connectivity index is 1.40. The topological polar surface area (TPSA) is 85.8 Å². The van der Waals surface area contributed by atoms with Crippen LogP contribution in [0, 0.1) is 12.8 Å². The van der Waals surface area contributed by atoms with Gasteiger partial charge in [0, 0.05) is 24.0 Å². The minimum atomic E-state index is -0.446. The van der Waals surface area contributed by atoms with Crippen LogP contribution in [0.25, 0.3) is 11.0 Å². The molecule has 6 heteroatoms. The highest BCUT2D eigenvalue weighted by Gasteiger charge is 2.37. The van der Waals surface area contributed by atoms with Crippen molar-refractivity contribution in [2.75, 3.05) is 13.1 Å². The number of hydrogen-bond donors (Lipinski definition) is 1. The molecule has 2 aliphatic rings. The van der Waals surface area contributed by atoms with Gasteiger partial charge >= 0.3 is 0 Å². The Kier molecular flexibility index (Phi) is 4.44. The van der Waals surface area contributed by atoms with Crippen molar-refractivity contribution in [1.29, 1.82) is 0 Å². The third kappa shape index (κ3) is 2.98. The lowest BCUT2D eigenvalue weighted by molar-refractivity contribution is -0.130. The maximum Gasteiger partial charge on any atom is 0.289 e. The second-order valence-corrected chi connectivity index (χ2v) is 7.32. The Morgan fingerprint density at radius 2 is 1.85 bits per heavy atom.